The lowest BCUT2D eigenvalue weighted by Crippen LogP contribution is -2.46. The number of H-pyrrole nitrogens is 1. The quantitative estimate of drug-likeness (QED) is 0.388. The van der Waals surface area contributed by atoms with Gasteiger partial charge in [0.15, 0.2) is 5.11 Å². The summed E-state index contributed by atoms with van der Waals surface area (Å²) in [6.07, 6.45) is 0.866. The molecule has 1 aromatic carbocycles. The highest BCUT2D eigenvalue weighted by Gasteiger charge is 2.16. The molecule has 1 fully saturated rings. The van der Waals surface area contributed by atoms with Crippen LogP contribution in [0.3, 0.4) is 0 Å². The Hall–Kier alpha value is -2.20. The summed E-state index contributed by atoms with van der Waals surface area (Å²) in [5.41, 5.74) is 1.37. The highest BCUT2D eigenvalue weighted by atomic mass is 32.1. The first-order chi connectivity index (χ1) is 15.6. The van der Waals surface area contributed by atoms with E-state index in [1.54, 1.807) is 7.11 Å². The van der Waals surface area contributed by atoms with Crippen LogP contribution in [0.5, 0.6) is 5.75 Å². The predicted octanol–water partition coefficient (Wildman–Crippen LogP) is 1.97. The Morgan fingerprint density at radius 2 is 2.12 bits per heavy atom. The van der Waals surface area contributed by atoms with Crippen molar-refractivity contribution in [1.82, 2.24) is 20.1 Å². The molecule has 0 radical (unpaired) electrons. The van der Waals surface area contributed by atoms with Gasteiger partial charge in [0.25, 0.3) is 5.56 Å². The standard InChI is InChI=1S/C23H34N4O4S/c1-3-31-20-5-6-21-18(16-20)15-19(22(28)25-21)17-27(23(32)24-7-4-12-29-2)9-8-26-10-13-30-14-11-26/h5-6,15-16H,3-4,7-14,17H2,1-2H3,(H,24,32)(H,25,28). The SMILES string of the molecule is CCOc1ccc2[nH]c(=O)c(CN(CCN3CCOCC3)C(=S)NCCCOC)cc2c1. The van der Waals surface area contributed by atoms with Gasteiger partial charge >= 0.3 is 0 Å². The van der Waals surface area contributed by atoms with Gasteiger partial charge < -0.3 is 29.4 Å². The number of nitrogens with zero attached hydrogens (tertiary/aromatic N) is 2. The molecule has 2 heterocycles. The van der Waals surface area contributed by atoms with Gasteiger partial charge in [0.2, 0.25) is 0 Å². The van der Waals surface area contributed by atoms with E-state index < -0.39 is 0 Å². The number of benzene rings is 1. The molecule has 176 valence electrons. The maximum atomic E-state index is 12.8. The molecule has 3 rings (SSSR count). The van der Waals surface area contributed by atoms with Gasteiger partial charge in [-0.1, -0.05) is 0 Å². The van der Waals surface area contributed by atoms with Crippen molar-refractivity contribution in [3.05, 3.63) is 40.2 Å². The largest absolute Gasteiger partial charge is 0.494 e. The minimum absolute atomic E-state index is 0.0970. The molecular formula is C23H34N4O4S. The molecule has 1 aromatic heterocycles. The molecule has 2 N–H and O–H groups in total. The average Bonchev–Trinajstić information content (AvgIpc) is 2.80. The number of morpholine rings is 1. The first kappa shape index (κ1) is 24.4. The lowest BCUT2D eigenvalue weighted by Gasteiger charge is -2.31. The van der Waals surface area contributed by atoms with Gasteiger partial charge in [-0.2, -0.15) is 0 Å². The van der Waals surface area contributed by atoms with E-state index in [9.17, 15) is 4.79 Å². The smallest absolute Gasteiger partial charge is 0.253 e. The van der Waals surface area contributed by atoms with Crippen LogP contribution in [-0.4, -0.2) is 86.2 Å². The molecule has 0 atom stereocenters. The maximum Gasteiger partial charge on any atom is 0.253 e. The topological polar surface area (TPSA) is 79.1 Å². The van der Waals surface area contributed by atoms with Crippen LogP contribution in [0.2, 0.25) is 0 Å². The Kier molecular flexibility index (Phi) is 9.73. The first-order valence-corrected chi connectivity index (χ1v) is 11.6. The summed E-state index contributed by atoms with van der Waals surface area (Å²) in [6.45, 7) is 9.33. The van der Waals surface area contributed by atoms with Crippen LogP contribution < -0.4 is 15.6 Å². The normalized spacial score (nSPS) is 14.4. The monoisotopic (exact) mass is 462 g/mol. The Balaban J connectivity index is 1.75. The molecule has 32 heavy (non-hydrogen) atoms. The van der Waals surface area contributed by atoms with E-state index in [1.807, 2.05) is 31.2 Å². The first-order valence-electron chi connectivity index (χ1n) is 11.2. The van der Waals surface area contributed by atoms with Gasteiger partial charge in [0.1, 0.15) is 5.75 Å². The highest BCUT2D eigenvalue weighted by Crippen LogP contribution is 2.19. The van der Waals surface area contributed by atoms with Crippen LogP contribution in [0.1, 0.15) is 18.9 Å². The molecule has 0 aliphatic carbocycles. The number of aromatic amines is 1. The second-order valence-corrected chi connectivity index (χ2v) is 8.15. The number of methoxy groups -OCH3 is 1. The van der Waals surface area contributed by atoms with Crippen molar-refractivity contribution in [2.75, 3.05) is 66.3 Å². The van der Waals surface area contributed by atoms with Crippen LogP contribution in [-0.2, 0) is 16.0 Å². The second-order valence-electron chi connectivity index (χ2n) is 7.76. The van der Waals surface area contributed by atoms with E-state index in [2.05, 4.69) is 20.1 Å². The Morgan fingerprint density at radius 3 is 2.88 bits per heavy atom. The molecule has 1 aliphatic rings. The highest BCUT2D eigenvalue weighted by molar-refractivity contribution is 7.80. The summed E-state index contributed by atoms with van der Waals surface area (Å²) >= 11 is 5.68. The van der Waals surface area contributed by atoms with Gasteiger partial charge in [-0.05, 0) is 49.8 Å². The van der Waals surface area contributed by atoms with Crippen LogP contribution in [0.4, 0.5) is 0 Å². The molecular weight excluding hydrogens is 428 g/mol. The minimum atomic E-state index is -0.0970. The fourth-order valence-electron chi connectivity index (χ4n) is 3.67. The number of hydrogen-bond acceptors (Lipinski definition) is 6. The van der Waals surface area contributed by atoms with Crippen molar-refractivity contribution in [3.63, 3.8) is 0 Å². The van der Waals surface area contributed by atoms with E-state index in [0.717, 1.165) is 69.0 Å². The Labute approximate surface area is 194 Å². The maximum absolute atomic E-state index is 12.8. The predicted molar refractivity (Wildman–Crippen MR) is 131 cm³/mol. The van der Waals surface area contributed by atoms with Crippen LogP contribution in [0.15, 0.2) is 29.1 Å². The molecule has 1 aliphatic heterocycles. The molecule has 1 saturated heterocycles. The number of pyridine rings is 1. The summed E-state index contributed by atoms with van der Waals surface area (Å²) in [4.78, 5) is 20.2. The van der Waals surface area contributed by atoms with Gasteiger partial charge in [-0.3, -0.25) is 9.69 Å². The van der Waals surface area contributed by atoms with Crippen molar-refractivity contribution in [3.8, 4) is 5.75 Å². The van der Waals surface area contributed by atoms with E-state index in [0.29, 0.717) is 30.4 Å². The van der Waals surface area contributed by atoms with Gasteiger partial charge in [-0.25, -0.2) is 0 Å². The molecule has 2 aromatic rings. The number of rotatable bonds is 11. The van der Waals surface area contributed by atoms with E-state index in [-0.39, 0.29) is 5.56 Å². The van der Waals surface area contributed by atoms with Crippen LogP contribution >= 0.6 is 12.2 Å². The van der Waals surface area contributed by atoms with Gasteiger partial charge in [0.05, 0.1) is 26.4 Å². The third kappa shape index (κ3) is 7.16. The van der Waals surface area contributed by atoms with Crippen molar-refractivity contribution in [2.45, 2.75) is 19.9 Å². The molecule has 0 amide bonds. The van der Waals surface area contributed by atoms with Crippen LogP contribution in [0.25, 0.3) is 10.9 Å². The van der Waals surface area contributed by atoms with Gasteiger partial charge in [0, 0.05) is 62.9 Å². The number of ether oxygens (including phenoxy) is 3. The lowest BCUT2D eigenvalue weighted by atomic mass is 10.1. The number of nitrogens with one attached hydrogen (secondary N) is 2. The Bertz CT molecular complexity index is 930. The zero-order valence-electron chi connectivity index (χ0n) is 19.0. The Morgan fingerprint density at radius 1 is 1.31 bits per heavy atom. The third-order valence-corrected chi connectivity index (χ3v) is 5.85. The zero-order chi connectivity index (χ0) is 22.8. The summed E-state index contributed by atoms with van der Waals surface area (Å²) in [7, 11) is 1.69. The van der Waals surface area contributed by atoms with Crippen molar-refractivity contribution in [1.29, 1.82) is 0 Å². The lowest BCUT2D eigenvalue weighted by molar-refractivity contribution is 0.0357. The molecule has 0 spiro atoms. The fourth-order valence-corrected chi connectivity index (χ4v) is 3.93. The van der Waals surface area contributed by atoms with Crippen molar-refractivity contribution in [2.24, 2.45) is 0 Å². The minimum Gasteiger partial charge on any atom is -0.494 e. The van der Waals surface area contributed by atoms with Crippen LogP contribution in [0, 0.1) is 0 Å². The van der Waals surface area contributed by atoms with E-state index in [1.165, 1.54) is 0 Å². The van der Waals surface area contributed by atoms with E-state index >= 15 is 0 Å². The summed E-state index contributed by atoms with van der Waals surface area (Å²) < 4.78 is 16.2. The number of hydrogen-bond donors (Lipinski definition) is 2. The van der Waals surface area contributed by atoms with Crippen molar-refractivity contribution >= 4 is 28.2 Å². The molecule has 0 bridgehead atoms. The number of aromatic nitrogens is 1. The zero-order valence-corrected chi connectivity index (χ0v) is 19.8. The summed E-state index contributed by atoms with van der Waals surface area (Å²) in [5.74, 6) is 0.789. The third-order valence-electron chi connectivity index (χ3n) is 5.44. The van der Waals surface area contributed by atoms with Crippen molar-refractivity contribution < 1.29 is 14.2 Å². The molecule has 9 heteroatoms. The van der Waals surface area contributed by atoms with Gasteiger partial charge in [-0.15, -0.1) is 0 Å². The molecule has 0 saturated carbocycles. The molecule has 0 unspecified atom stereocenters. The average molecular weight is 463 g/mol. The summed E-state index contributed by atoms with van der Waals surface area (Å²) in [6, 6.07) is 7.64. The molecule has 8 nitrogen and oxygen atoms in total. The number of fused-ring (bicyclic) bond motifs is 1. The number of thiocarbonyl (C=S) groups is 1. The van der Waals surface area contributed by atoms with E-state index in [4.69, 9.17) is 26.4 Å². The fraction of sp³-hybridized carbons (Fsp3) is 0.565. The summed E-state index contributed by atoms with van der Waals surface area (Å²) in [5, 5.41) is 4.90. The second kappa shape index (κ2) is 12.7.